The molecule has 1 N–H and O–H groups in total. The highest BCUT2D eigenvalue weighted by molar-refractivity contribution is 7.48. The van der Waals surface area contributed by atoms with E-state index in [1.165, 1.54) is 10.8 Å². The van der Waals surface area contributed by atoms with E-state index in [9.17, 15) is 9.46 Å². The van der Waals surface area contributed by atoms with E-state index < -0.39 is 32.2 Å². The lowest BCUT2D eigenvalue weighted by atomic mass is 9.80. The summed E-state index contributed by atoms with van der Waals surface area (Å²) >= 11 is 0. The zero-order chi connectivity index (χ0) is 36.6. The van der Waals surface area contributed by atoms with Gasteiger partial charge in [0.15, 0.2) is 0 Å². The maximum atomic E-state index is 14.7. The third kappa shape index (κ3) is 3.69. The molecule has 7 nitrogen and oxygen atoms in total. The highest BCUT2D eigenvalue weighted by atomic mass is 31.2. The molecule has 4 aliphatic heterocycles. The third-order valence-electron chi connectivity index (χ3n) is 12.8. The predicted molar refractivity (Wildman–Crippen MR) is 218 cm³/mol. The van der Waals surface area contributed by atoms with E-state index in [2.05, 4.69) is 109 Å². The second kappa shape index (κ2) is 10.1. The summed E-state index contributed by atoms with van der Waals surface area (Å²) in [5.74, 6) is 0.812. The van der Waals surface area contributed by atoms with Crippen molar-refractivity contribution < 1.29 is 32.7 Å². The summed E-state index contributed by atoms with van der Waals surface area (Å²) in [6.45, 7) is 0. The molecule has 4 aliphatic rings. The third-order valence-corrected chi connectivity index (χ3v) is 13.6. The molecule has 266 valence electrons. The Kier molecular flexibility index (Phi) is 5.38. The minimum Gasteiger partial charge on any atom is -0.464 e. The van der Waals surface area contributed by atoms with E-state index in [0.29, 0.717) is 33.8 Å². The SMILES string of the molecule is O=P1(O)Oc2c(-c3ccc4ccc5cccc6ccc3c4c56)ccc3c2[C@H]2[C@@H](O3)O[C@@H]3Oc4ccc(-c5ccc6ccc7cccc8ccc5c6c78)c(c4[C@@H]32)O1. The maximum absolute atomic E-state index is 14.7. The fraction of sp³-hybridized carbons (Fsp3) is 0.0833. The number of ether oxygens (including phenoxy) is 3. The summed E-state index contributed by atoms with van der Waals surface area (Å²) < 4.78 is 46.9. The van der Waals surface area contributed by atoms with Gasteiger partial charge in [-0.25, -0.2) is 4.57 Å². The molecule has 0 radical (unpaired) electrons. The normalized spacial score (nSPS) is 23.0. The highest BCUT2D eigenvalue weighted by Crippen LogP contribution is 2.67. The molecule has 8 heteroatoms. The molecule has 56 heavy (non-hydrogen) atoms. The molecule has 10 aromatic carbocycles. The van der Waals surface area contributed by atoms with Crippen LogP contribution in [0.25, 0.3) is 86.9 Å². The van der Waals surface area contributed by atoms with Crippen LogP contribution in [0, 0.1) is 0 Å². The first-order chi connectivity index (χ1) is 27.5. The topological polar surface area (TPSA) is 83.5 Å². The molecule has 14 rings (SSSR count). The monoisotopic (exact) mass is 746 g/mol. The molecule has 1 fully saturated rings. The first-order valence-electron chi connectivity index (χ1n) is 18.9. The van der Waals surface area contributed by atoms with Gasteiger partial charge in [0.25, 0.3) is 0 Å². The van der Waals surface area contributed by atoms with Crippen LogP contribution in [0.1, 0.15) is 23.0 Å². The van der Waals surface area contributed by atoms with Crippen molar-refractivity contribution >= 4 is 72.5 Å². The van der Waals surface area contributed by atoms with Gasteiger partial charge in [-0.15, -0.1) is 0 Å². The van der Waals surface area contributed by atoms with Gasteiger partial charge in [0.1, 0.15) is 23.0 Å². The Balaban J connectivity index is 1.01. The zero-order valence-electron chi connectivity index (χ0n) is 29.4. The van der Waals surface area contributed by atoms with Gasteiger partial charge in [-0.3, -0.25) is 4.89 Å². The molecule has 1 saturated heterocycles. The van der Waals surface area contributed by atoms with Crippen molar-refractivity contribution in [3.05, 3.63) is 145 Å². The van der Waals surface area contributed by atoms with Crippen molar-refractivity contribution in [2.45, 2.75) is 24.4 Å². The number of phosphoric ester groups is 1. The molecule has 0 spiro atoms. The minimum absolute atomic E-state index is 0.255. The van der Waals surface area contributed by atoms with Crippen LogP contribution in [-0.4, -0.2) is 17.5 Å². The van der Waals surface area contributed by atoms with E-state index in [4.69, 9.17) is 23.3 Å². The Labute approximate surface area is 318 Å². The van der Waals surface area contributed by atoms with Gasteiger partial charge in [0, 0.05) is 22.3 Å². The summed E-state index contributed by atoms with van der Waals surface area (Å²) in [4.78, 5) is 12.0. The minimum atomic E-state index is -4.87. The van der Waals surface area contributed by atoms with Crippen molar-refractivity contribution in [3.8, 4) is 45.3 Å². The molecule has 0 amide bonds. The largest absolute Gasteiger partial charge is 0.584 e. The fourth-order valence-corrected chi connectivity index (χ4v) is 11.4. The quantitative estimate of drug-likeness (QED) is 0.139. The van der Waals surface area contributed by atoms with Crippen molar-refractivity contribution in [2.24, 2.45) is 0 Å². The number of hydrogen-bond donors (Lipinski definition) is 1. The molecule has 0 aliphatic carbocycles. The smallest absolute Gasteiger partial charge is 0.464 e. The molecular weight excluding hydrogens is 719 g/mol. The first-order valence-corrected chi connectivity index (χ1v) is 20.4. The lowest BCUT2D eigenvalue weighted by Gasteiger charge is -2.22. The Morgan fingerprint density at radius 2 is 0.804 bits per heavy atom. The van der Waals surface area contributed by atoms with Crippen LogP contribution in [0.15, 0.2) is 133 Å². The van der Waals surface area contributed by atoms with Gasteiger partial charge in [-0.05, 0) is 100 Å². The van der Waals surface area contributed by atoms with Crippen molar-refractivity contribution in [3.63, 3.8) is 0 Å². The number of benzene rings is 10. The molecule has 0 unspecified atom stereocenters. The van der Waals surface area contributed by atoms with E-state index >= 15 is 0 Å². The lowest BCUT2D eigenvalue weighted by Crippen LogP contribution is -2.19. The molecule has 4 heterocycles. The number of rotatable bonds is 2. The van der Waals surface area contributed by atoms with Crippen molar-refractivity contribution in [2.75, 3.05) is 0 Å². The second-order valence-electron chi connectivity index (χ2n) is 15.5. The molecule has 0 saturated carbocycles. The predicted octanol–water partition coefficient (Wildman–Crippen LogP) is 12.0. The summed E-state index contributed by atoms with van der Waals surface area (Å²) in [5.41, 5.74) is 4.46. The summed E-state index contributed by atoms with van der Waals surface area (Å²) in [7, 11) is -4.87. The van der Waals surface area contributed by atoms with E-state index in [0.717, 1.165) is 65.0 Å². The van der Waals surface area contributed by atoms with Gasteiger partial charge in [0.2, 0.25) is 12.6 Å². The molecular formula is C48H27O7P. The average molecular weight is 747 g/mol. The van der Waals surface area contributed by atoms with Gasteiger partial charge in [-0.2, -0.15) is 0 Å². The van der Waals surface area contributed by atoms with Gasteiger partial charge in [0.05, 0.1) is 11.8 Å². The second-order valence-corrected chi connectivity index (χ2v) is 16.8. The molecule has 10 aromatic rings. The van der Waals surface area contributed by atoms with Gasteiger partial charge < -0.3 is 23.3 Å². The van der Waals surface area contributed by atoms with E-state index in [1.54, 1.807) is 0 Å². The highest BCUT2D eigenvalue weighted by Gasteiger charge is 2.60. The van der Waals surface area contributed by atoms with Crippen LogP contribution < -0.4 is 18.5 Å². The summed E-state index contributed by atoms with van der Waals surface area (Å²) in [6.07, 6.45) is -1.37. The van der Waals surface area contributed by atoms with Crippen LogP contribution in [0.2, 0.25) is 0 Å². The number of phosphoric acid groups is 1. The van der Waals surface area contributed by atoms with Gasteiger partial charge >= 0.3 is 7.82 Å². The van der Waals surface area contributed by atoms with E-state index in [-0.39, 0.29) is 11.5 Å². The summed E-state index contributed by atoms with van der Waals surface area (Å²) in [6, 6.07) is 45.9. The van der Waals surface area contributed by atoms with E-state index in [1.807, 2.05) is 24.3 Å². The van der Waals surface area contributed by atoms with Crippen LogP contribution in [0.4, 0.5) is 0 Å². The lowest BCUT2D eigenvalue weighted by molar-refractivity contribution is -0.132. The van der Waals surface area contributed by atoms with Crippen molar-refractivity contribution in [1.29, 1.82) is 0 Å². The van der Waals surface area contributed by atoms with Crippen LogP contribution in [0.3, 0.4) is 0 Å². The first kappa shape index (κ1) is 29.9. The Bertz CT molecular complexity index is 3190. The standard InChI is InChI=1S/C48H27O7P/c49-56(50)54-45-33(29-15-11-27-9-7-23-3-1-5-25-13-17-31(29)39(27)37(23)25)19-21-35-41(45)43-44-42-36(52-48(44)53-47(43)51-35)22-20-34(46(42)55-56)30-16-12-28-10-8-24-4-2-6-26-14-18-32(30)40(28)38(24)26/h1-22,43-44,47-48H,(H,49,50)/t43-,44-,47+,48+/m1/s1. The van der Waals surface area contributed by atoms with Crippen LogP contribution in [0.5, 0.6) is 23.0 Å². The Morgan fingerprint density at radius 3 is 1.25 bits per heavy atom. The molecule has 4 atom stereocenters. The maximum Gasteiger partial charge on any atom is 0.584 e. The van der Waals surface area contributed by atoms with Crippen molar-refractivity contribution in [1.82, 2.24) is 0 Å². The number of hydrogen-bond acceptors (Lipinski definition) is 6. The van der Waals surface area contributed by atoms with Crippen LogP contribution in [-0.2, 0) is 9.30 Å². The average Bonchev–Trinajstić information content (AvgIpc) is 3.87. The Hall–Kier alpha value is -6.37. The fourth-order valence-electron chi connectivity index (χ4n) is 10.5. The van der Waals surface area contributed by atoms with Gasteiger partial charge in [-0.1, -0.05) is 109 Å². The summed E-state index contributed by atoms with van der Waals surface area (Å²) in [5, 5.41) is 13.5. The van der Waals surface area contributed by atoms with Crippen LogP contribution >= 0.6 is 7.82 Å². The molecule has 0 aromatic heterocycles. The molecule has 0 bridgehead atoms. The zero-order valence-corrected chi connectivity index (χ0v) is 30.2. The Morgan fingerprint density at radius 1 is 0.429 bits per heavy atom.